The van der Waals surface area contributed by atoms with E-state index in [2.05, 4.69) is 14.8 Å². The first kappa shape index (κ1) is 21.2. The van der Waals surface area contributed by atoms with Crippen molar-refractivity contribution in [2.24, 2.45) is 5.10 Å². The molecule has 1 amide bonds. The SMILES string of the molecule is COc1ccc(C2=NN(C(=O)CN3CCN(c4ccccn4)CC3)[C@H](c3ccco3)C2)cc1. The fraction of sp³-hybridized carbons (Fsp3) is 0.320. The number of furan rings is 1. The molecule has 0 aliphatic carbocycles. The highest BCUT2D eigenvalue weighted by Crippen LogP contribution is 2.33. The molecule has 0 spiro atoms. The van der Waals surface area contributed by atoms with E-state index in [1.54, 1.807) is 18.4 Å². The molecule has 5 rings (SSSR count). The normalized spacial score (nSPS) is 18.9. The van der Waals surface area contributed by atoms with E-state index in [1.165, 1.54) is 0 Å². The van der Waals surface area contributed by atoms with Crippen LogP contribution in [0.15, 0.2) is 76.6 Å². The summed E-state index contributed by atoms with van der Waals surface area (Å²) in [6.45, 7) is 3.61. The lowest BCUT2D eigenvalue weighted by molar-refractivity contribution is -0.134. The van der Waals surface area contributed by atoms with Gasteiger partial charge in [-0.1, -0.05) is 6.07 Å². The van der Waals surface area contributed by atoms with Crippen molar-refractivity contribution in [3.05, 3.63) is 78.4 Å². The second kappa shape index (κ2) is 9.46. The van der Waals surface area contributed by atoms with Crippen molar-refractivity contribution in [2.45, 2.75) is 12.5 Å². The quantitative estimate of drug-likeness (QED) is 0.580. The van der Waals surface area contributed by atoms with Gasteiger partial charge in [0.2, 0.25) is 0 Å². The number of hydrazone groups is 1. The van der Waals surface area contributed by atoms with Crippen LogP contribution in [0.1, 0.15) is 23.8 Å². The molecular formula is C25H27N5O3. The predicted molar refractivity (Wildman–Crippen MR) is 125 cm³/mol. The summed E-state index contributed by atoms with van der Waals surface area (Å²) in [5.41, 5.74) is 1.85. The van der Waals surface area contributed by atoms with Crippen molar-refractivity contribution >= 4 is 17.4 Å². The summed E-state index contributed by atoms with van der Waals surface area (Å²) in [7, 11) is 1.64. The van der Waals surface area contributed by atoms with Crippen molar-refractivity contribution in [3.8, 4) is 5.75 Å². The molecule has 2 aromatic heterocycles. The third kappa shape index (κ3) is 4.61. The van der Waals surface area contributed by atoms with Gasteiger partial charge in [0.05, 0.1) is 25.6 Å². The van der Waals surface area contributed by atoms with Crippen molar-refractivity contribution in [3.63, 3.8) is 0 Å². The zero-order valence-electron chi connectivity index (χ0n) is 18.6. The first-order valence-electron chi connectivity index (χ1n) is 11.2. The molecule has 1 atom stereocenters. The van der Waals surface area contributed by atoms with Gasteiger partial charge < -0.3 is 14.1 Å². The largest absolute Gasteiger partial charge is 0.497 e. The maximum atomic E-state index is 13.3. The molecule has 0 unspecified atom stereocenters. The van der Waals surface area contributed by atoms with E-state index in [-0.39, 0.29) is 11.9 Å². The van der Waals surface area contributed by atoms with Crippen LogP contribution in [0.25, 0.3) is 0 Å². The summed E-state index contributed by atoms with van der Waals surface area (Å²) in [6, 6.07) is 17.2. The lowest BCUT2D eigenvalue weighted by Gasteiger charge is -2.35. The van der Waals surface area contributed by atoms with E-state index in [0.717, 1.165) is 54.8 Å². The first-order chi connectivity index (χ1) is 16.2. The Labute approximate surface area is 193 Å². The van der Waals surface area contributed by atoms with Crippen molar-refractivity contribution in [1.82, 2.24) is 14.9 Å². The van der Waals surface area contributed by atoms with Gasteiger partial charge in [0, 0.05) is 38.8 Å². The van der Waals surface area contributed by atoms with Crippen LogP contribution in [0.2, 0.25) is 0 Å². The maximum Gasteiger partial charge on any atom is 0.257 e. The van der Waals surface area contributed by atoms with Crippen LogP contribution in [0, 0.1) is 0 Å². The fourth-order valence-corrected chi connectivity index (χ4v) is 4.34. The van der Waals surface area contributed by atoms with Gasteiger partial charge in [-0.25, -0.2) is 9.99 Å². The Morgan fingerprint density at radius 3 is 2.55 bits per heavy atom. The summed E-state index contributed by atoms with van der Waals surface area (Å²) >= 11 is 0. The minimum absolute atomic E-state index is 0.0220. The molecular weight excluding hydrogens is 418 g/mol. The van der Waals surface area contributed by atoms with Gasteiger partial charge in [0.25, 0.3) is 5.91 Å². The third-order valence-electron chi connectivity index (χ3n) is 6.17. The van der Waals surface area contributed by atoms with E-state index in [0.29, 0.717) is 13.0 Å². The molecule has 8 nitrogen and oxygen atoms in total. The standard InChI is InChI=1S/C25H27N5O3/c1-32-20-9-7-19(8-10-20)21-17-22(23-5-4-16-33-23)30(27-21)25(31)18-28-12-14-29(15-13-28)24-6-2-3-11-26-24/h2-11,16,22H,12-15,17-18H2,1H3/t22-/m0/s1. The number of rotatable bonds is 6. The molecule has 3 aromatic rings. The number of aromatic nitrogens is 1. The van der Waals surface area contributed by atoms with Crippen LogP contribution >= 0.6 is 0 Å². The third-order valence-corrected chi connectivity index (χ3v) is 6.17. The van der Waals surface area contributed by atoms with Crippen molar-refractivity contribution in [1.29, 1.82) is 0 Å². The monoisotopic (exact) mass is 445 g/mol. The highest BCUT2D eigenvalue weighted by atomic mass is 16.5. The molecule has 4 heterocycles. The van der Waals surface area contributed by atoms with Gasteiger partial charge in [0.1, 0.15) is 23.4 Å². The van der Waals surface area contributed by atoms with Crippen LogP contribution in [0.4, 0.5) is 5.82 Å². The predicted octanol–water partition coefficient (Wildman–Crippen LogP) is 3.18. The maximum absolute atomic E-state index is 13.3. The number of hydrogen-bond acceptors (Lipinski definition) is 7. The Balaban J connectivity index is 1.28. The number of methoxy groups -OCH3 is 1. The zero-order chi connectivity index (χ0) is 22.6. The summed E-state index contributed by atoms with van der Waals surface area (Å²) < 4.78 is 10.9. The summed E-state index contributed by atoms with van der Waals surface area (Å²) in [5.74, 6) is 2.49. The Bertz CT molecular complexity index is 1090. The van der Waals surface area contributed by atoms with E-state index in [4.69, 9.17) is 14.3 Å². The van der Waals surface area contributed by atoms with Gasteiger partial charge >= 0.3 is 0 Å². The number of anilines is 1. The number of nitrogens with zero attached hydrogens (tertiary/aromatic N) is 5. The number of hydrogen-bond donors (Lipinski definition) is 0. The Kier molecular flexibility index (Phi) is 6.08. The number of amides is 1. The lowest BCUT2D eigenvalue weighted by Crippen LogP contribution is -2.49. The number of piperazine rings is 1. The summed E-state index contributed by atoms with van der Waals surface area (Å²) in [4.78, 5) is 22.2. The van der Waals surface area contributed by atoms with Gasteiger partial charge in [-0.05, 0) is 54.1 Å². The minimum atomic E-state index is -0.237. The highest BCUT2D eigenvalue weighted by molar-refractivity contribution is 6.03. The number of carbonyl (C=O) groups excluding carboxylic acids is 1. The molecule has 1 aromatic carbocycles. The highest BCUT2D eigenvalue weighted by Gasteiger charge is 2.35. The second-order valence-electron chi connectivity index (χ2n) is 8.20. The Morgan fingerprint density at radius 1 is 1.06 bits per heavy atom. The van der Waals surface area contributed by atoms with Crippen LogP contribution < -0.4 is 9.64 Å². The lowest BCUT2D eigenvalue weighted by atomic mass is 10.0. The van der Waals surface area contributed by atoms with E-state index < -0.39 is 0 Å². The molecule has 2 aliphatic rings. The number of benzene rings is 1. The first-order valence-corrected chi connectivity index (χ1v) is 11.2. The second-order valence-corrected chi connectivity index (χ2v) is 8.20. The minimum Gasteiger partial charge on any atom is -0.497 e. The van der Waals surface area contributed by atoms with Crippen LogP contribution in [0.5, 0.6) is 5.75 Å². The van der Waals surface area contributed by atoms with Crippen LogP contribution in [-0.2, 0) is 4.79 Å². The van der Waals surface area contributed by atoms with Crippen molar-refractivity contribution < 1.29 is 13.9 Å². The molecule has 1 fully saturated rings. The van der Waals surface area contributed by atoms with E-state index >= 15 is 0 Å². The summed E-state index contributed by atoms with van der Waals surface area (Å²) in [5, 5.41) is 6.33. The Hall–Kier alpha value is -3.65. The molecule has 0 saturated carbocycles. The fourth-order valence-electron chi connectivity index (χ4n) is 4.34. The topological polar surface area (TPSA) is 74.4 Å². The molecule has 0 bridgehead atoms. The molecule has 0 N–H and O–H groups in total. The van der Waals surface area contributed by atoms with Crippen LogP contribution in [-0.4, -0.2) is 66.3 Å². The van der Waals surface area contributed by atoms with Gasteiger partial charge in [-0.2, -0.15) is 5.10 Å². The molecule has 1 saturated heterocycles. The molecule has 0 radical (unpaired) electrons. The molecule has 2 aliphatic heterocycles. The van der Waals surface area contributed by atoms with Gasteiger partial charge in [0.15, 0.2) is 0 Å². The van der Waals surface area contributed by atoms with Crippen LogP contribution in [0.3, 0.4) is 0 Å². The zero-order valence-corrected chi connectivity index (χ0v) is 18.6. The smallest absolute Gasteiger partial charge is 0.257 e. The molecule has 170 valence electrons. The molecule has 33 heavy (non-hydrogen) atoms. The van der Waals surface area contributed by atoms with Gasteiger partial charge in [-0.3, -0.25) is 9.69 Å². The number of carbonyl (C=O) groups is 1. The van der Waals surface area contributed by atoms with E-state index in [1.807, 2.05) is 60.8 Å². The van der Waals surface area contributed by atoms with E-state index in [9.17, 15) is 4.79 Å². The van der Waals surface area contributed by atoms with Crippen molar-refractivity contribution in [2.75, 3.05) is 44.7 Å². The Morgan fingerprint density at radius 2 is 1.88 bits per heavy atom. The molecule has 8 heteroatoms. The van der Waals surface area contributed by atoms with Gasteiger partial charge in [-0.15, -0.1) is 0 Å². The summed E-state index contributed by atoms with van der Waals surface area (Å²) in [6.07, 6.45) is 4.06. The number of pyridine rings is 1. The average Bonchev–Trinajstić information content (AvgIpc) is 3.55. The average molecular weight is 446 g/mol. The number of ether oxygens (including phenoxy) is 1.